The minimum absolute atomic E-state index is 0.0357. The average Bonchev–Trinajstić information content (AvgIpc) is 3.34. The highest BCUT2D eigenvalue weighted by Crippen LogP contribution is 2.33. The summed E-state index contributed by atoms with van der Waals surface area (Å²) in [4.78, 5) is 14.3. The maximum Gasteiger partial charge on any atom is 0.259 e. The number of nitrogens with zero attached hydrogens (tertiary/aromatic N) is 6. The molecule has 4 aromatic rings. The predicted molar refractivity (Wildman–Crippen MR) is 104 cm³/mol. The molecule has 1 fully saturated rings. The lowest BCUT2D eigenvalue weighted by Crippen LogP contribution is -2.29. The van der Waals surface area contributed by atoms with Gasteiger partial charge in [0.1, 0.15) is 6.17 Å². The number of tetrazole rings is 1. The summed E-state index contributed by atoms with van der Waals surface area (Å²) in [7, 11) is 0. The molecule has 0 spiro atoms. The van der Waals surface area contributed by atoms with E-state index in [1.54, 1.807) is 16.9 Å². The lowest BCUT2D eigenvalue weighted by Gasteiger charge is -2.27. The Bertz CT molecular complexity index is 1210. The fourth-order valence-electron chi connectivity index (χ4n) is 3.40. The molecular formula is C20H18FN7O. The molecule has 1 amide bonds. The maximum absolute atomic E-state index is 13.1. The molecule has 1 aliphatic carbocycles. The Balaban J connectivity index is 1.40. The fourth-order valence-corrected chi connectivity index (χ4v) is 3.40. The minimum atomic E-state index is -0.782. The molecule has 0 radical (unpaired) electrons. The second-order valence-corrected chi connectivity index (χ2v) is 7.23. The first kappa shape index (κ1) is 17.5. The van der Waals surface area contributed by atoms with Crippen molar-refractivity contribution in [2.75, 3.05) is 5.32 Å². The van der Waals surface area contributed by atoms with Gasteiger partial charge < -0.3 is 5.32 Å². The summed E-state index contributed by atoms with van der Waals surface area (Å²) in [6.07, 6.45) is 3.40. The number of carbonyl (C=O) groups is 1. The number of rotatable bonds is 4. The van der Waals surface area contributed by atoms with Crippen LogP contribution in [0.3, 0.4) is 0 Å². The number of anilines is 1. The van der Waals surface area contributed by atoms with Crippen molar-refractivity contribution < 1.29 is 9.18 Å². The van der Waals surface area contributed by atoms with Crippen LogP contribution in [-0.2, 0) is 0 Å². The molecule has 1 N–H and O–H groups in total. The van der Waals surface area contributed by atoms with Crippen LogP contribution in [0.1, 0.15) is 34.8 Å². The van der Waals surface area contributed by atoms with Crippen LogP contribution >= 0.6 is 0 Å². The van der Waals surface area contributed by atoms with E-state index in [-0.39, 0.29) is 11.9 Å². The van der Waals surface area contributed by atoms with Crippen LogP contribution in [0.5, 0.6) is 0 Å². The van der Waals surface area contributed by atoms with Crippen LogP contribution in [0.2, 0.25) is 0 Å². The number of hydrogen-bond acceptors (Lipinski definition) is 5. The van der Waals surface area contributed by atoms with Crippen molar-refractivity contribution in [3.8, 4) is 11.4 Å². The Morgan fingerprint density at radius 1 is 1.24 bits per heavy atom. The van der Waals surface area contributed by atoms with Crippen molar-refractivity contribution >= 4 is 17.1 Å². The Hall–Kier alpha value is -3.62. The first-order valence-electron chi connectivity index (χ1n) is 9.37. The van der Waals surface area contributed by atoms with E-state index in [1.807, 2.05) is 43.3 Å². The van der Waals surface area contributed by atoms with Gasteiger partial charge in [0, 0.05) is 30.3 Å². The molecule has 0 saturated heterocycles. The van der Waals surface area contributed by atoms with E-state index in [1.165, 1.54) is 4.80 Å². The summed E-state index contributed by atoms with van der Waals surface area (Å²) >= 11 is 0. The van der Waals surface area contributed by atoms with Gasteiger partial charge in [-0.1, -0.05) is 18.2 Å². The molecule has 0 aliphatic heterocycles. The Labute approximate surface area is 165 Å². The van der Waals surface area contributed by atoms with Gasteiger partial charge in [-0.05, 0) is 35.9 Å². The standard InChI is InChI=1S/C20H18FN7O/c1-12-5-6-13(19-24-26-28(25-19)15-9-14(21)10-15)8-17(12)23-20(29)16-11-22-27-7-3-2-4-18(16)27/h2-8,11,14-15H,9-10H2,1H3,(H,23,29). The van der Waals surface area contributed by atoms with Gasteiger partial charge in [-0.15, -0.1) is 10.2 Å². The number of amides is 1. The van der Waals surface area contributed by atoms with Crippen LogP contribution in [0, 0.1) is 6.92 Å². The van der Waals surface area contributed by atoms with Gasteiger partial charge in [-0.25, -0.2) is 8.91 Å². The first-order valence-corrected chi connectivity index (χ1v) is 9.37. The lowest BCUT2D eigenvalue weighted by molar-refractivity contribution is 0.102. The number of carbonyl (C=O) groups excluding carboxylic acids is 1. The summed E-state index contributed by atoms with van der Waals surface area (Å²) < 4.78 is 14.7. The summed E-state index contributed by atoms with van der Waals surface area (Å²) in [5.41, 5.74) is 3.52. The zero-order chi connectivity index (χ0) is 20.0. The highest BCUT2D eigenvalue weighted by Gasteiger charge is 2.32. The zero-order valence-corrected chi connectivity index (χ0v) is 15.7. The molecule has 1 saturated carbocycles. The normalized spacial score (nSPS) is 18.6. The lowest BCUT2D eigenvalue weighted by atomic mass is 9.91. The van der Waals surface area contributed by atoms with Crippen molar-refractivity contribution in [2.24, 2.45) is 0 Å². The largest absolute Gasteiger partial charge is 0.322 e. The molecule has 29 heavy (non-hydrogen) atoms. The molecule has 5 rings (SSSR count). The van der Waals surface area contributed by atoms with Crippen LogP contribution in [0.4, 0.5) is 10.1 Å². The number of nitrogens with one attached hydrogen (secondary N) is 1. The van der Waals surface area contributed by atoms with Crippen molar-refractivity contribution in [3.63, 3.8) is 0 Å². The molecule has 0 atom stereocenters. The van der Waals surface area contributed by atoms with E-state index in [2.05, 4.69) is 25.8 Å². The van der Waals surface area contributed by atoms with Crippen LogP contribution in [0.15, 0.2) is 48.8 Å². The van der Waals surface area contributed by atoms with Gasteiger partial charge >= 0.3 is 0 Å². The summed E-state index contributed by atoms with van der Waals surface area (Å²) in [5.74, 6) is 0.199. The van der Waals surface area contributed by atoms with E-state index in [4.69, 9.17) is 0 Å². The number of aromatic nitrogens is 6. The highest BCUT2D eigenvalue weighted by atomic mass is 19.1. The Morgan fingerprint density at radius 3 is 2.93 bits per heavy atom. The summed E-state index contributed by atoms with van der Waals surface area (Å²) in [6, 6.07) is 11.1. The molecule has 0 bridgehead atoms. The molecule has 3 heterocycles. The smallest absolute Gasteiger partial charge is 0.259 e. The third-order valence-electron chi connectivity index (χ3n) is 5.23. The fraction of sp³-hybridized carbons (Fsp3) is 0.250. The SMILES string of the molecule is Cc1ccc(-c2nnn(C3CC(F)C3)n2)cc1NC(=O)c1cnn2ccccc12. The van der Waals surface area contributed by atoms with Gasteiger partial charge in [-0.2, -0.15) is 9.90 Å². The van der Waals surface area contributed by atoms with E-state index >= 15 is 0 Å². The summed E-state index contributed by atoms with van der Waals surface area (Å²) in [5, 5.41) is 19.7. The second kappa shape index (κ2) is 6.77. The number of halogens is 1. The Kier molecular flexibility index (Phi) is 4.08. The topological polar surface area (TPSA) is 90.0 Å². The van der Waals surface area contributed by atoms with Crippen molar-refractivity contribution in [2.45, 2.75) is 32.0 Å². The average molecular weight is 391 g/mol. The predicted octanol–water partition coefficient (Wildman–Crippen LogP) is 3.22. The van der Waals surface area contributed by atoms with Crippen LogP contribution in [0.25, 0.3) is 16.9 Å². The van der Waals surface area contributed by atoms with Crippen LogP contribution in [-0.4, -0.2) is 41.9 Å². The van der Waals surface area contributed by atoms with Gasteiger partial charge in [0.25, 0.3) is 5.91 Å². The molecule has 1 aromatic carbocycles. The van der Waals surface area contributed by atoms with E-state index in [0.29, 0.717) is 29.9 Å². The second-order valence-electron chi connectivity index (χ2n) is 7.23. The Morgan fingerprint density at radius 2 is 2.10 bits per heavy atom. The number of fused-ring (bicyclic) bond motifs is 1. The number of alkyl halides is 1. The molecule has 3 aromatic heterocycles. The molecule has 146 valence electrons. The number of pyridine rings is 1. The molecular weight excluding hydrogens is 373 g/mol. The number of hydrogen-bond donors (Lipinski definition) is 1. The summed E-state index contributed by atoms with van der Waals surface area (Å²) in [6.45, 7) is 1.91. The van der Waals surface area contributed by atoms with E-state index < -0.39 is 6.17 Å². The monoisotopic (exact) mass is 391 g/mol. The van der Waals surface area contributed by atoms with Gasteiger partial charge in [0.05, 0.1) is 23.3 Å². The third kappa shape index (κ3) is 3.14. The van der Waals surface area contributed by atoms with E-state index in [9.17, 15) is 9.18 Å². The quantitative estimate of drug-likeness (QED) is 0.577. The zero-order valence-electron chi connectivity index (χ0n) is 15.7. The van der Waals surface area contributed by atoms with Gasteiger partial charge in [0.2, 0.25) is 5.82 Å². The molecule has 1 aliphatic rings. The molecule has 0 unspecified atom stereocenters. The van der Waals surface area contributed by atoms with Crippen LogP contribution < -0.4 is 5.32 Å². The molecule has 9 heteroatoms. The number of benzene rings is 1. The highest BCUT2D eigenvalue weighted by molar-refractivity contribution is 6.09. The maximum atomic E-state index is 13.1. The minimum Gasteiger partial charge on any atom is -0.322 e. The molecule has 8 nitrogen and oxygen atoms in total. The van der Waals surface area contributed by atoms with E-state index in [0.717, 1.165) is 16.6 Å². The van der Waals surface area contributed by atoms with Crippen molar-refractivity contribution in [3.05, 3.63) is 59.9 Å². The van der Waals surface area contributed by atoms with Crippen molar-refractivity contribution in [1.29, 1.82) is 0 Å². The number of aryl methyl sites for hydroxylation is 1. The van der Waals surface area contributed by atoms with Gasteiger partial charge in [0.15, 0.2) is 0 Å². The first-order chi connectivity index (χ1) is 14.1. The van der Waals surface area contributed by atoms with Crippen molar-refractivity contribution in [1.82, 2.24) is 29.8 Å². The van der Waals surface area contributed by atoms with Gasteiger partial charge in [-0.3, -0.25) is 4.79 Å². The third-order valence-corrected chi connectivity index (χ3v) is 5.23.